The van der Waals surface area contributed by atoms with Crippen molar-refractivity contribution in [3.05, 3.63) is 17.7 Å². The fourth-order valence-electron chi connectivity index (χ4n) is 1.28. The van der Waals surface area contributed by atoms with E-state index in [9.17, 15) is 9.90 Å². The normalized spacial score (nSPS) is 9.69. The molecule has 16 heavy (non-hydrogen) atoms. The number of benzene rings is 1. The van der Waals surface area contributed by atoms with Gasteiger partial charge in [0.05, 0.1) is 20.8 Å². The smallest absolute Gasteiger partial charge is 0.342 e. The van der Waals surface area contributed by atoms with Crippen molar-refractivity contribution in [3.8, 4) is 17.2 Å². The Bertz CT molecular complexity index is 386. The van der Waals surface area contributed by atoms with Crippen molar-refractivity contribution in [3.63, 3.8) is 0 Å². The van der Waals surface area contributed by atoms with Gasteiger partial charge in [0.2, 0.25) is 5.75 Å². The second-order valence-electron chi connectivity index (χ2n) is 2.92. The lowest BCUT2D eigenvalue weighted by Gasteiger charge is -2.11. The number of hydrogen-bond acceptors (Lipinski definition) is 5. The molecule has 1 N–H and O–H groups in total. The quantitative estimate of drug-likeness (QED) is 0.790. The Balaban J connectivity index is 3.18. The van der Waals surface area contributed by atoms with Crippen LogP contribution in [0.5, 0.6) is 17.2 Å². The molecule has 0 unspecified atom stereocenters. The van der Waals surface area contributed by atoms with E-state index >= 15 is 0 Å². The van der Waals surface area contributed by atoms with E-state index in [2.05, 4.69) is 0 Å². The highest BCUT2D eigenvalue weighted by molar-refractivity contribution is 5.94. The van der Waals surface area contributed by atoms with Crippen molar-refractivity contribution in [1.82, 2.24) is 0 Å². The molecule has 0 aromatic heterocycles. The molecule has 0 amide bonds. The minimum atomic E-state index is -0.596. The van der Waals surface area contributed by atoms with Gasteiger partial charge in [0.1, 0.15) is 5.56 Å². The van der Waals surface area contributed by atoms with E-state index < -0.39 is 5.97 Å². The van der Waals surface area contributed by atoms with Crippen molar-refractivity contribution in [2.24, 2.45) is 0 Å². The fraction of sp³-hybridized carbons (Fsp3) is 0.364. The van der Waals surface area contributed by atoms with Gasteiger partial charge in [0, 0.05) is 0 Å². The molecule has 0 saturated carbocycles. The number of carbonyl (C=O) groups is 1. The molecule has 0 saturated heterocycles. The number of aromatic hydroxyl groups is 1. The summed E-state index contributed by atoms with van der Waals surface area (Å²) in [5.41, 5.74) is 0.0551. The van der Waals surface area contributed by atoms with Gasteiger partial charge in [-0.25, -0.2) is 4.79 Å². The van der Waals surface area contributed by atoms with Crippen LogP contribution in [0, 0.1) is 0 Å². The van der Waals surface area contributed by atoms with Gasteiger partial charge in [-0.05, 0) is 19.1 Å². The van der Waals surface area contributed by atoms with Crippen LogP contribution in [-0.2, 0) is 4.74 Å². The minimum absolute atomic E-state index is 0.0551. The first-order valence-electron chi connectivity index (χ1n) is 4.76. The van der Waals surface area contributed by atoms with Crippen LogP contribution in [0.4, 0.5) is 0 Å². The van der Waals surface area contributed by atoms with E-state index in [4.69, 9.17) is 14.2 Å². The van der Waals surface area contributed by atoms with Crippen LogP contribution >= 0.6 is 0 Å². The van der Waals surface area contributed by atoms with Gasteiger partial charge in [-0.2, -0.15) is 0 Å². The minimum Gasteiger partial charge on any atom is -0.504 e. The van der Waals surface area contributed by atoms with E-state index in [0.29, 0.717) is 5.75 Å². The number of rotatable bonds is 4. The summed E-state index contributed by atoms with van der Waals surface area (Å²) in [7, 11) is 2.83. The molecule has 0 aliphatic carbocycles. The third kappa shape index (κ3) is 2.18. The van der Waals surface area contributed by atoms with E-state index in [1.165, 1.54) is 26.4 Å². The maximum absolute atomic E-state index is 11.5. The molecule has 1 aromatic carbocycles. The standard InChI is InChI=1S/C11H14O5/c1-4-16-11(13)7-5-6-8(14-2)10(15-3)9(7)12/h5-6,12H,4H2,1-3H3. The molecule has 1 aromatic rings. The summed E-state index contributed by atoms with van der Waals surface area (Å²) in [5.74, 6) is -0.401. The van der Waals surface area contributed by atoms with Crippen LogP contribution in [-0.4, -0.2) is 31.9 Å². The summed E-state index contributed by atoms with van der Waals surface area (Å²) in [6.45, 7) is 1.93. The third-order valence-electron chi connectivity index (χ3n) is 2.01. The Morgan fingerprint density at radius 3 is 2.50 bits per heavy atom. The van der Waals surface area contributed by atoms with Crippen molar-refractivity contribution < 1.29 is 24.1 Å². The third-order valence-corrected chi connectivity index (χ3v) is 2.01. The summed E-state index contributed by atoms with van der Waals surface area (Å²) < 4.78 is 14.7. The lowest BCUT2D eigenvalue weighted by atomic mass is 10.1. The predicted molar refractivity (Wildman–Crippen MR) is 57.2 cm³/mol. The van der Waals surface area contributed by atoms with Crippen LogP contribution < -0.4 is 9.47 Å². The first-order chi connectivity index (χ1) is 7.65. The molecular formula is C11H14O5. The van der Waals surface area contributed by atoms with Crippen LogP contribution in [0.2, 0.25) is 0 Å². The first kappa shape index (κ1) is 12.2. The highest BCUT2D eigenvalue weighted by atomic mass is 16.5. The maximum Gasteiger partial charge on any atom is 0.342 e. The van der Waals surface area contributed by atoms with Gasteiger partial charge < -0.3 is 19.3 Å². The molecule has 0 fully saturated rings. The number of ether oxygens (including phenoxy) is 3. The summed E-state index contributed by atoms with van der Waals surface area (Å²) in [6.07, 6.45) is 0. The van der Waals surface area contributed by atoms with Crippen LogP contribution in [0.15, 0.2) is 12.1 Å². The fourth-order valence-corrected chi connectivity index (χ4v) is 1.28. The molecule has 0 radical (unpaired) electrons. The molecule has 0 aliphatic rings. The lowest BCUT2D eigenvalue weighted by molar-refractivity contribution is 0.0522. The number of methoxy groups -OCH3 is 2. The second-order valence-corrected chi connectivity index (χ2v) is 2.92. The molecule has 0 heterocycles. The number of esters is 1. The zero-order valence-corrected chi connectivity index (χ0v) is 9.44. The molecule has 0 atom stereocenters. The van der Waals surface area contributed by atoms with Crippen molar-refractivity contribution in [1.29, 1.82) is 0 Å². The Labute approximate surface area is 93.6 Å². The van der Waals surface area contributed by atoms with E-state index in [-0.39, 0.29) is 23.7 Å². The van der Waals surface area contributed by atoms with E-state index in [1.807, 2.05) is 0 Å². The maximum atomic E-state index is 11.5. The Kier molecular flexibility index (Phi) is 3.99. The van der Waals surface area contributed by atoms with Gasteiger partial charge in [-0.3, -0.25) is 0 Å². The highest BCUT2D eigenvalue weighted by Gasteiger charge is 2.19. The van der Waals surface area contributed by atoms with Crippen molar-refractivity contribution >= 4 is 5.97 Å². The first-order valence-corrected chi connectivity index (χ1v) is 4.76. The molecule has 0 spiro atoms. The number of phenolic OH excluding ortho intramolecular Hbond substituents is 1. The predicted octanol–water partition coefficient (Wildman–Crippen LogP) is 1.59. The molecule has 0 bridgehead atoms. The molecular weight excluding hydrogens is 212 g/mol. The summed E-state index contributed by atoms with van der Waals surface area (Å²) in [5, 5.41) is 9.79. The number of hydrogen-bond donors (Lipinski definition) is 1. The summed E-state index contributed by atoms with van der Waals surface area (Å²) >= 11 is 0. The molecule has 5 nitrogen and oxygen atoms in total. The average Bonchev–Trinajstić information content (AvgIpc) is 2.28. The van der Waals surface area contributed by atoms with Crippen LogP contribution in [0.3, 0.4) is 0 Å². The van der Waals surface area contributed by atoms with Crippen molar-refractivity contribution in [2.75, 3.05) is 20.8 Å². The van der Waals surface area contributed by atoms with Crippen LogP contribution in [0.25, 0.3) is 0 Å². The molecule has 0 aliphatic heterocycles. The molecule has 1 rings (SSSR count). The van der Waals surface area contributed by atoms with Gasteiger partial charge >= 0.3 is 5.97 Å². The van der Waals surface area contributed by atoms with Crippen molar-refractivity contribution in [2.45, 2.75) is 6.92 Å². The zero-order valence-electron chi connectivity index (χ0n) is 9.44. The second kappa shape index (κ2) is 5.25. The Morgan fingerprint density at radius 1 is 1.31 bits per heavy atom. The summed E-state index contributed by atoms with van der Waals surface area (Å²) in [6, 6.07) is 2.96. The monoisotopic (exact) mass is 226 g/mol. The lowest BCUT2D eigenvalue weighted by Crippen LogP contribution is -2.06. The number of phenols is 1. The Morgan fingerprint density at radius 2 is 2.00 bits per heavy atom. The highest BCUT2D eigenvalue weighted by Crippen LogP contribution is 2.38. The zero-order chi connectivity index (χ0) is 12.1. The number of carbonyl (C=O) groups excluding carboxylic acids is 1. The van der Waals surface area contributed by atoms with E-state index in [0.717, 1.165) is 0 Å². The van der Waals surface area contributed by atoms with Crippen LogP contribution in [0.1, 0.15) is 17.3 Å². The van der Waals surface area contributed by atoms with Gasteiger partial charge in [-0.15, -0.1) is 0 Å². The average molecular weight is 226 g/mol. The van der Waals surface area contributed by atoms with Gasteiger partial charge in [0.15, 0.2) is 11.5 Å². The van der Waals surface area contributed by atoms with E-state index in [1.54, 1.807) is 6.92 Å². The Hall–Kier alpha value is -1.91. The summed E-state index contributed by atoms with van der Waals surface area (Å²) in [4.78, 5) is 11.5. The van der Waals surface area contributed by atoms with Gasteiger partial charge in [-0.1, -0.05) is 0 Å². The van der Waals surface area contributed by atoms with Gasteiger partial charge in [0.25, 0.3) is 0 Å². The molecule has 5 heteroatoms. The largest absolute Gasteiger partial charge is 0.504 e. The molecule has 88 valence electrons. The SMILES string of the molecule is CCOC(=O)c1ccc(OC)c(OC)c1O. The topological polar surface area (TPSA) is 65.0 Å².